The molecule has 0 amide bonds. The second-order valence-corrected chi connectivity index (χ2v) is 6.35. The molecule has 1 saturated heterocycles. The lowest BCUT2D eigenvalue weighted by Crippen LogP contribution is -2.39. The number of nitrogens with zero attached hydrogens (tertiary/aromatic N) is 2. The Morgan fingerprint density at radius 1 is 1.35 bits per heavy atom. The molecule has 2 heterocycles. The third-order valence-electron chi connectivity index (χ3n) is 4.36. The van der Waals surface area contributed by atoms with Crippen molar-refractivity contribution < 1.29 is 4.42 Å². The van der Waals surface area contributed by atoms with Crippen LogP contribution in [0.4, 0.5) is 0 Å². The highest BCUT2D eigenvalue weighted by Gasteiger charge is 2.26. The number of rotatable bonds is 6. The van der Waals surface area contributed by atoms with Crippen LogP contribution in [0.25, 0.3) is 0 Å². The molecule has 0 spiro atoms. The zero-order valence-electron chi connectivity index (χ0n) is 14.2. The normalized spacial score (nSPS) is 20.2. The van der Waals surface area contributed by atoms with Crippen molar-refractivity contribution in [3.8, 4) is 0 Å². The molecule has 5 nitrogen and oxygen atoms in total. The number of guanidine groups is 1. The van der Waals surface area contributed by atoms with Crippen LogP contribution < -0.4 is 10.6 Å². The van der Waals surface area contributed by atoms with E-state index in [4.69, 9.17) is 9.41 Å². The number of aryl methyl sites for hydroxylation is 1. The third-order valence-corrected chi connectivity index (χ3v) is 4.36. The molecule has 0 aromatic carbocycles. The van der Waals surface area contributed by atoms with Crippen molar-refractivity contribution in [1.29, 1.82) is 0 Å². The fraction of sp³-hybridized carbons (Fsp3) is 0.706. The summed E-state index contributed by atoms with van der Waals surface area (Å²) in [6.07, 6.45) is 5.08. The monoisotopic (exact) mass is 432 g/mol. The average molecular weight is 432 g/mol. The average Bonchev–Trinajstić information content (AvgIpc) is 2.99. The fourth-order valence-electron chi connectivity index (χ4n) is 2.99. The molecular formula is C17H29IN4O. The largest absolute Gasteiger partial charge is 0.465 e. The first-order valence-corrected chi connectivity index (χ1v) is 8.61. The van der Waals surface area contributed by atoms with E-state index in [9.17, 15) is 0 Å². The van der Waals surface area contributed by atoms with Gasteiger partial charge >= 0.3 is 0 Å². The fourth-order valence-corrected chi connectivity index (χ4v) is 2.99. The summed E-state index contributed by atoms with van der Waals surface area (Å²) < 4.78 is 5.89. The number of nitrogens with one attached hydrogen (secondary N) is 2. The number of hydrogen-bond acceptors (Lipinski definition) is 3. The first kappa shape index (κ1) is 18.6. The predicted octanol–water partition coefficient (Wildman–Crippen LogP) is 3.06. The summed E-state index contributed by atoms with van der Waals surface area (Å²) >= 11 is 0. The van der Waals surface area contributed by atoms with Crippen LogP contribution in [0.2, 0.25) is 0 Å². The first-order valence-electron chi connectivity index (χ1n) is 8.61. The Bertz CT molecular complexity index is 506. The van der Waals surface area contributed by atoms with Gasteiger partial charge in [-0.2, -0.15) is 0 Å². The number of hydrogen-bond donors (Lipinski definition) is 2. The third kappa shape index (κ3) is 5.38. The van der Waals surface area contributed by atoms with Crippen LogP contribution in [0.3, 0.4) is 0 Å². The van der Waals surface area contributed by atoms with Gasteiger partial charge in [-0.25, -0.2) is 0 Å². The van der Waals surface area contributed by atoms with E-state index < -0.39 is 0 Å². The number of furan rings is 1. The lowest BCUT2D eigenvalue weighted by atomic mass is 10.2. The van der Waals surface area contributed by atoms with Gasteiger partial charge in [-0.1, -0.05) is 0 Å². The van der Waals surface area contributed by atoms with E-state index in [-0.39, 0.29) is 30.0 Å². The summed E-state index contributed by atoms with van der Waals surface area (Å²) in [4.78, 5) is 7.32. The lowest BCUT2D eigenvalue weighted by Gasteiger charge is -2.24. The molecule has 1 atom stereocenters. The van der Waals surface area contributed by atoms with Crippen molar-refractivity contribution in [2.24, 2.45) is 4.99 Å². The Labute approximate surface area is 156 Å². The molecule has 2 aliphatic rings. The van der Waals surface area contributed by atoms with Gasteiger partial charge in [0, 0.05) is 12.6 Å². The molecule has 3 rings (SSSR count). The minimum atomic E-state index is 0. The zero-order valence-corrected chi connectivity index (χ0v) is 16.5. The van der Waals surface area contributed by atoms with Crippen molar-refractivity contribution in [2.45, 2.75) is 51.6 Å². The summed E-state index contributed by atoms with van der Waals surface area (Å²) in [6.45, 7) is 8.05. The predicted molar refractivity (Wildman–Crippen MR) is 105 cm³/mol. The molecule has 1 aromatic rings. The summed E-state index contributed by atoms with van der Waals surface area (Å²) in [5, 5.41) is 6.83. The van der Waals surface area contributed by atoms with Gasteiger partial charge in [-0.15, -0.1) is 24.0 Å². The van der Waals surface area contributed by atoms with Gasteiger partial charge in [0.1, 0.15) is 11.5 Å². The van der Waals surface area contributed by atoms with Crippen LogP contribution >= 0.6 is 24.0 Å². The van der Waals surface area contributed by atoms with Crippen LogP contribution in [-0.2, 0) is 0 Å². The van der Waals surface area contributed by atoms with Gasteiger partial charge in [-0.05, 0) is 64.8 Å². The number of aliphatic imine (C=N–C) groups is 1. The summed E-state index contributed by atoms with van der Waals surface area (Å²) in [5.41, 5.74) is 0. The highest BCUT2D eigenvalue weighted by atomic mass is 127. The minimum absolute atomic E-state index is 0. The van der Waals surface area contributed by atoms with Crippen LogP contribution in [-0.4, -0.2) is 43.1 Å². The van der Waals surface area contributed by atoms with Crippen LogP contribution in [0.1, 0.15) is 50.2 Å². The van der Waals surface area contributed by atoms with E-state index in [0.29, 0.717) is 6.04 Å². The van der Waals surface area contributed by atoms with E-state index in [1.165, 1.54) is 25.7 Å². The molecule has 130 valence electrons. The molecule has 1 aromatic heterocycles. The molecular weight excluding hydrogens is 403 g/mol. The van der Waals surface area contributed by atoms with Crippen molar-refractivity contribution in [3.05, 3.63) is 23.7 Å². The van der Waals surface area contributed by atoms with Crippen LogP contribution in [0, 0.1) is 6.92 Å². The van der Waals surface area contributed by atoms with Gasteiger partial charge in [0.05, 0.1) is 12.6 Å². The van der Waals surface area contributed by atoms with E-state index in [1.54, 1.807) is 0 Å². The topological polar surface area (TPSA) is 52.8 Å². The van der Waals surface area contributed by atoms with Crippen molar-refractivity contribution in [3.63, 3.8) is 0 Å². The Hall–Kier alpha value is -0.760. The second-order valence-electron chi connectivity index (χ2n) is 6.35. The molecule has 0 radical (unpaired) electrons. The highest BCUT2D eigenvalue weighted by Crippen LogP contribution is 2.27. The minimum Gasteiger partial charge on any atom is -0.465 e. The maximum atomic E-state index is 5.89. The van der Waals surface area contributed by atoms with Gasteiger partial charge < -0.3 is 15.1 Å². The van der Waals surface area contributed by atoms with E-state index in [0.717, 1.165) is 43.7 Å². The van der Waals surface area contributed by atoms with Gasteiger partial charge in [0.2, 0.25) is 0 Å². The van der Waals surface area contributed by atoms with E-state index in [1.807, 2.05) is 6.92 Å². The van der Waals surface area contributed by atoms with Crippen molar-refractivity contribution in [1.82, 2.24) is 15.5 Å². The molecule has 2 N–H and O–H groups in total. The lowest BCUT2D eigenvalue weighted by molar-refractivity contribution is 0.219. The Balaban J connectivity index is 0.00000192. The van der Waals surface area contributed by atoms with Crippen LogP contribution in [0.15, 0.2) is 21.5 Å². The molecule has 0 bridgehead atoms. The zero-order chi connectivity index (χ0) is 15.4. The molecule has 1 aliphatic heterocycles. The van der Waals surface area contributed by atoms with Gasteiger partial charge in [0.25, 0.3) is 0 Å². The summed E-state index contributed by atoms with van der Waals surface area (Å²) in [7, 11) is 0. The molecule has 23 heavy (non-hydrogen) atoms. The second kappa shape index (κ2) is 8.92. The van der Waals surface area contributed by atoms with E-state index in [2.05, 4.69) is 34.6 Å². The van der Waals surface area contributed by atoms with Crippen molar-refractivity contribution >= 4 is 29.9 Å². The standard InChI is InChI=1S/C17H28N4O.HI/c1-3-18-17(20-14-7-8-14)19-12-15(21-10-4-5-11-21)16-9-6-13(2)22-16;/h6,9,14-15H,3-5,7-8,10-12H2,1-2H3,(H2,18,19,20);1H. The first-order chi connectivity index (χ1) is 10.8. The highest BCUT2D eigenvalue weighted by molar-refractivity contribution is 14.0. The van der Waals surface area contributed by atoms with Gasteiger partial charge in [-0.3, -0.25) is 9.89 Å². The molecule has 2 fully saturated rings. The van der Waals surface area contributed by atoms with Crippen molar-refractivity contribution in [2.75, 3.05) is 26.2 Å². The van der Waals surface area contributed by atoms with E-state index >= 15 is 0 Å². The molecule has 1 unspecified atom stereocenters. The van der Waals surface area contributed by atoms with Crippen LogP contribution in [0.5, 0.6) is 0 Å². The Morgan fingerprint density at radius 2 is 2.09 bits per heavy atom. The SMILES string of the molecule is CCNC(=NCC(c1ccc(C)o1)N1CCCC1)NC1CC1.I. The quantitative estimate of drug-likeness (QED) is 0.412. The number of halogens is 1. The van der Waals surface area contributed by atoms with Gasteiger partial charge in [0.15, 0.2) is 5.96 Å². The molecule has 6 heteroatoms. The number of likely N-dealkylation sites (tertiary alicyclic amines) is 1. The maximum Gasteiger partial charge on any atom is 0.191 e. The summed E-state index contributed by atoms with van der Waals surface area (Å²) in [5.74, 6) is 2.97. The molecule has 1 aliphatic carbocycles. The summed E-state index contributed by atoms with van der Waals surface area (Å²) in [6, 6.07) is 5.03. The molecule has 1 saturated carbocycles. The Morgan fingerprint density at radius 3 is 2.65 bits per heavy atom. The smallest absolute Gasteiger partial charge is 0.191 e. The maximum absolute atomic E-state index is 5.89. The Kier molecular flexibility index (Phi) is 7.20.